The SMILES string of the molecule is CCCCCCCCNCC(O)C(O)C(O)C(O)C(O)CO.CCO[C@@H](Cc1ccc(OCCN2CCSc3ccccc32)cc1)C(=O)O. The molecular formula is C36H58N2O10S. The Morgan fingerprint density at radius 3 is 2.24 bits per heavy atom. The van der Waals surface area contributed by atoms with E-state index >= 15 is 0 Å². The molecule has 0 aliphatic carbocycles. The quantitative estimate of drug-likeness (QED) is 0.0786. The maximum Gasteiger partial charge on any atom is 0.333 e. The summed E-state index contributed by atoms with van der Waals surface area (Å²) in [6, 6.07) is 16.1. The second-order valence-corrected chi connectivity index (χ2v) is 13.2. The van der Waals surface area contributed by atoms with Crippen molar-refractivity contribution in [2.45, 2.75) is 100 Å². The Bertz CT molecular complexity index is 1160. The molecule has 5 unspecified atom stereocenters. The van der Waals surface area contributed by atoms with Gasteiger partial charge in [0, 0.05) is 36.8 Å². The van der Waals surface area contributed by atoms with Crippen molar-refractivity contribution in [3.05, 3.63) is 54.1 Å². The molecule has 12 nitrogen and oxygen atoms in total. The number of carbonyl (C=O) groups is 1. The lowest BCUT2D eigenvalue weighted by Crippen LogP contribution is -2.52. The third-order valence-corrected chi connectivity index (χ3v) is 9.22. The highest BCUT2D eigenvalue weighted by Crippen LogP contribution is 2.34. The largest absolute Gasteiger partial charge is 0.492 e. The van der Waals surface area contributed by atoms with Crippen LogP contribution in [0.5, 0.6) is 5.75 Å². The van der Waals surface area contributed by atoms with Gasteiger partial charge in [-0.2, -0.15) is 0 Å². The Morgan fingerprint density at radius 2 is 1.57 bits per heavy atom. The minimum absolute atomic E-state index is 0.0785. The maximum absolute atomic E-state index is 11.2. The van der Waals surface area contributed by atoms with E-state index in [4.69, 9.17) is 14.6 Å². The molecule has 0 spiro atoms. The van der Waals surface area contributed by atoms with Crippen LogP contribution in [0, 0.1) is 0 Å². The molecule has 0 aromatic heterocycles. The highest BCUT2D eigenvalue weighted by atomic mass is 32.2. The molecule has 1 aliphatic heterocycles. The van der Waals surface area contributed by atoms with Crippen molar-refractivity contribution in [2.75, 3.05) is 56.7 Å². The van der Waals surface area contributed by atoms with Crippen LogP contribution in [0.25, 0.3) is 0 Å². The lowest BCUT2D eigenvalue weighted by molar-refractivity contribution is -0.149. The molecule has 0 fully saturated rings. The van der Waals surface area contributed by atoms with Crippen molar-refractivity contribution in [2.24, 2.45) is 0 Å². The molecule has 3 rings (SSSR count). The average molecular weight is 711 g/mol. The van der Waals surface area contributed by atoms with Gasteiger partial charge in [-0.15, -0.1) is 11.8 Å². The number of unbranched alkanes of at least 4 members (excludes halogenated alkanes) is 5. The first-order chi connectivity index (χ1) is 23.6. The monoisotopic (exact) mass is 710 g/mol. The Kier molecular flexibility index (Phi) is 21.5. The van der Waals surface area contributed by atoms with Crippen molar-refractivity contribution in [3.8, 4) is 5.75 Å². The summed E-state index contributed by atoms with van der Waals surface area (Å²) in [7, 11) is 0. The van der Waals surface area contributed by atoms with Crippen LogP contribution in [0.4, 0.5) is 5.69 Å². The highest BCUT2D eigenvalue weighted by Gasteiger charge is 2.33. The van der Waals surface area contributed by atoms with E-state index in [1.165, 1.54) is 36.3 Å². The number of nitrogens with one attached hydrogen (secondary N) is 1. The van der Waals surface area contributed by atoms with Crippen LogP contribution < -0.4 is 15.0 Å². The Balaban J connectivity index is 0.000000349. The predicted molar refractivity (Wildman–Crippen MR) is 191 cm³/mol. The average Bonchev–Trinajstić information content (AvgIpc) is 3.12. The van der Waals surface area contributed by atoms with Gasteiger partial charge in [-0.25, -0.2) is 4.79 Å². The zero-order valence-corrected chi connectivity index (χ0v) is 29.7. The molecule has 13 heteroatoms. The van der Waals surface area contributed by atoms with E-state index in [0.717, 1.165) is 43.0 Å². The molecule has 6 atom stereocenters. The fraction of sp³-hybridized carbons (Fsp3) is 0.639. The van der Waals surface area contributed by atoms with Crippen LogP contribution in [0.2, 0.25) is 0 Å². The smallest absolute Gasteiger partial charge is 0.333 e. The van der Waals surface area contributed by atoms with Crippen LogP contribution in [-0.4, -0.2) is 130 Å². The van der Waals surface area contributed by atoms with Crippen LogP contribution in [-0.2, 0) is 16.0 Å². The molecule has 0 amide bonds. The number of hydrogen-bond donors (Lipinski definition) is 8. The topological polar surface area (TPSA) is 192 Å². The molecule has 1 heterocycles. The van der Waals surface area contributed by atoms with Gasteiger partial charge in [0.15, 0.2) is 6.10 Å². The first-order valence-electron chi connectivity index (χ1n) is 17.4. The maximum atomic E-state index is 11.2. The highest BCUT2D eigenvalue weighted by molar-refractivity contribution is 7.99. The molecule has 2 aromatic rings. The minimum Gasteiger partial charge on any atom is -0.492 e. The van der Waals surface area contributed by atoms with Gasteiger partial charge in [0.1, 0.15) is 36.8 Å². The number of anilines is 1. The van der Waals surface area contributed by atoms with Gasteiger partial charge in [-0.1, -0.05) is 63.3 Å². The van der Waals surface area contributed by atoms with Gasteiger partial charge in [-0.05, 0) is 49.7 Å². The predicted octanol–water partition coefficient (Wildman–Crippen LogP) is 2.44. The number of fused-ring (bicyclic) bond motifs is 1. The summed E-state index contributed by atoms with van der Waals surface area (Å²) in [6.45, 7) is 6.86. The molecule has 8 N–H and O–H groups in total. The van der Waals surface area contributed by atoms with E-state index in [1.54, 1.807) is 6.92 Å². The Morgan fingerprint density at radius 1 is 0.898 bits per heavy atom. The fourth-order valence-corrected chi connectivity index (χ4v) is 6.30. The van der Waals surface area contributed by atoms with E-state index < -0.39 is 49.2 Å². The Labute approximate surface area is 295 Å². The van der Waals surface area contributed by atoms with Crippen molar-refractivity contribution in [1.29, 1.82) is 0 Å². The normalized spacial score (nSPS) is 16.4. The van der Waals surface area contributed by atoms with Crippen molar-refractivity contribution < 1.29 is 50.0 Å². The molecule has 49 heavy (non-hydrogen) atoms. The lowest BCUT2D eigenvalue weighted by atomic mass is 9.99. The number of aliphatic carboxylic acids is 1. The molecule has 278 valence electrons. The number of aliphatic hydroxyl groups is 6. The van der Waals surface area contributed by atoms with Gasteiger partial charge in [-0.3, -0.25) is 0 Å². The van der Waals surface area contributed by atoms with Crippen LogP contribution in [0.3, 0.4) is 0 Å². The van der Waals surface area contributed by atoms with Gasteiger partial charge in [0.25, 0.3) is 0 Å². The van der Waals surface area contributed by atoms with Gasteiger partial charge in [0.05, 0.1) is 24.9 Å². The number of ether oxygens (including phenoxy) is 2. The van der Waals surface area contributed by atoms with E-state index in [9.17, 15) is 35.4 Å². The van der Waals surface area contributed by atoms with E-state index in [2.05, 4.69) is 41.4 Å². The fourth-order valence-electron chi connectivity index (χ4n) is 5.25. The summed E-state index contributed by atoms with van der Waals surface area (Å²) in [5.74, 6) is 0.954. The molecule has 0 radical (unpaired) electrons. The van der Waals surface area contributed by atoms with Crippen molar-refractivity contribution in [3.63, 3.8) is 0 Å². The standard InChI is InChI=1S/C21H25NO4S.C15H33NO6/c1-2-25-19(21(23)24)15-16-7-9-17(10-8-16)26-13-11-22-12-14-27-20-6-4-3-5-18(20)22;1-2-3-4-5-6-7-8-16-9-11(18)13(20)15(22)14(21)12(19)10-17/h3-10,19H,2,11-15H2,1H3,(H,23,24);11-22H,2-10H2,1H3/t19-;/m0./s1. The van der Waals surface area contributed by atoms with Gasteiger partial charge < -0.3 is 55.4 Å². The first-order valence-corrected chi connectivity index (χ1v) is 18.4. The number of rotatable bonds is 23. The van der Waals surface area contributed by atoms with Crippen LogP contribution in [0.1, 0.15) is 57.9 Å². The van der Waals surface area contributed by atoms with E-state index in [0.29, 0.717) is 26.2 Å². The summed E-state index contributed by atoms with van der Waals surface area (Å²) in [5.41, 5.74) is 2.20. The van der Waals surface area contributed by atoms with Gasteiger partial charge in [0.2, 0.25) is 0 Å². The first kappa shape index (κ1) is 42.7. The summed E-state index contributed by atoms with van der Waals surface area (Å²) in [5, 5.41) is 68.6. The molecule has 1 aliphatic rings. The minimum atomic E-state index is -1.73. The van der Waals surface area contributed by atoms with Crippen LogP contribution >= 0.6 is 11.8 Å². The molecule has 0 saturated carbocycles. The second-order valence-electron chi connectivity index (χ2n) is 12.0. The molecule has 0 saturated heterocycles. The number of hydrogen-bond acceptors (Lipinski definition) is 12. The zero-order valence-electron chi connectivity index (χ0n) is 28.9. The van der Waals surface area contributed by atoms with Crippen LogP contribution in [0.15, 0.2) is 53.4 Å². The van der Waals surface area contributed by atoms with Crippen molar-refractivity contribution >= 4 is 23.4 Å². The van der Waals surface area contributed by atoms with Crippen molar-refractivity contribution in [1.82, 2.24) is 5.32 Å². The number of benzene rings is 2. The molecule has 2 aromatic carbocycles. The summed E-state index contributed by atoms with van der Waals surface area (Å²) >= 11 is 1.90. The third-order valence-electron chi connectivity index (χ3n) is 8.18. The number of carboxylic acids is 1. The van der Waals surface area contributed by atoms with E-state index in [-0.39, 0.29) is 6.54 Å². The van der Waals surface area contributed by atoms with E-state index in [1.807, 2.05) is 36.0 Å². The lowest BCUT2D eigenvalue weighted by Gasteiger charge is -2.30. The summed E-state index contributed by atoms with van der Waals surface area (Å²) < 4.78 is 11.1. The second kappa shape index (κ2) is 24.6. The number of para-hydroxylation sites is 1. The number of thioether (sulfide) groups is 1. The number of carboxylic acid groups (broad SMARTS) is 1. The summed E-state index contributed by atoms with van der Waals surface area (Å²) in [6.07, 6.45) is -1.38. The van der Waals surface area contributed by atoms with Gasteiger partial charge >= 0.3 is 5.97 Å². The number of nitrogens with zero attached hydrogens (tertiary/aromatic N) is 1. The number of aliphatic hydroxyl groups excluding tert-OH is 6. The summed E-state index contributed by atoms with van der Waals surface area (Å²) in [4.78, 5) is 14.9. The Hall–Kier alpha value is -2.46. The zero-order chi connectivity index (χ0) is 36.0. The molecular weight excluding hydrogens is 652 g/mol. The third kappa shape index (κ3) is 16.0. The molecule has 0 bridgehead atoms.